The normalized spacial score (nSPS) is 28.5. The lowest BCUT2D eigenvalue weighted by molar-refractivity contribution is -0.0574. The van der Waals surface area contributed by atoms with Gasteiger partial charge in [0.2, 0.25) is 0 Å². The van der Waals surface area contributed by atoms with Crippen LogP contribution < -0.4 is 11.2 Å². The molecule has 2 fully saturated rings. The lowest BCUT2D eigenvalue weighted by Crippen LogP contribution is -2.65. The molecule has 0 amide bonds. The number of hydrogen-bond acceptors (Lipinski definition) is 6. The quantitative estimate of drug-likeness (QED) is 0.468. The van der Waals surface area contributed by atoms with E-state index >= 15 is 0 Å². The minimum absolute atomic E-state index is 0.0487. The van der Waals surface area contributed by atoms with Gasteiger partial charge in [0.05, 0.1) is 12.7 Å². The maximum Gasteiger partial charge on any atom is 0.335 e. The standard InChI is InChI=1S/C25H46N2O6Si2/c1-10-11-12-20-23-21(31-24(20)27-14-13-22(28)26-25(27)29)15-30-34(16(2)3,17(4)5)33-35(32-23,18(6)7)19(8)9/h13-14,16-21,23-24H,10-12,15H2,1-9H3,(H,26,28,29)/t20-,21-,23+,24-/m1/s1. The summed E-state index contributed by atoms with van der Waals surface area (Å²) >= 11 is 0. The molecular weight excluding hydrogens is 480 g/mol. The number of hydrogen-bond donors (Lipinski definition) is 1. The number of nitrogens with one attached hydrogen (secondary N) is 1. The van der Waals surface area contributed by atoms with E-state index in [1.807, 2.05) is 0 Å². The summed E-state index contributed by atoms with van der Waals surface area (Å²) in [5.74, 6) is -0.0487. The Kier molecular flexibility index (Phi) is 9.08. The van der Waals surface area contributed by atoms with Crippen LogP contribution in [0.5, 0.6) is 0 Å². The van der Waals surface area contributed by atoms with Crippen LogP contribution >= 0.6 is 0 Å². The highest BCUT2D eigenvalue weighted by Crippen LogP contribution is 2.50. The highest BCUT2D eigenvalue weighted by molar-refractivity contribution is 6.83. The molecule has 4 atom stereocenters. The van der Waals surface area contributed by atoms with Crippen LogP contribution in [0, 0.1) is 5.92 Å². The molecule has 0 radical (unpaired) electrons. The molecule has 2 aliphatic heterocycles. The molecule has 0 bridgehead atoms. The number of aromatic nitrogens is 2. The molecule has 2 saturated heterocycles. The van der Waals surface area contributed by atoms with E-state index in [9.17, 15) is 9.59 Å². The van der Waals surface area contributed by atoms with Gasteiger partial charge >= 0.3 is 22.8 Å². The molecule has 1 aromatic heterocycles. The average molecular weight is 527 g/mol. The van der Waals surface area contributed by atoms with Gasteiger partial charge in [0.15, 0.2) is 0 Å². The van der Waals surface area contributed by atoms with Gasteiger partial charge in [0.1, 0.15) is 12.3 Å². The molecule has 10 heteroatoms. The molecule has 35 heavy (non-hydrogen) atoms. The van der Waals surface area contributed by atoms with E-state index in [1.165, 1.54) is 16.8 Å². The van der Waals surface area contributed by atoms with Crippen molar-refractivity contribution in [3.8, 4) is 0 Å². The third kappa shape index (κ3) is 5.33. The Labute approximate surface area is 212 Å². The van der Waals surface area contributed by atoms with Gasteiger partial charge in [-0.25, -0.2) is 4.79 Å². The molecule has 200 valence electrons. The summed E-state index contributed by atoms with van der Waals surface area (Å²) in [7, 11) is -5.46. The van der Waals surface area contributed by atoms with Crippen LogP contribution in [0.1, 0.15) is 87.8 Å². The van der Waals surface area contributed by atoms with Gasteiger partial charge in [-0.3, -0.25) is 14.3 Å². The second-order valence-corrected chi connectivity index (χ2v) is 20.3. The smallest absolute Gasteiger partial charge is 0.335 e. The van der Waals surface area contributed by atoms with Crippen molar-refractivity contribution >= 4 is 17.1 Å². The fourth-order valence-corrected chi connectivity index (χ4v) is 17.1. The molecule has 0 aromatic carbocycles. The van der Waals surface area contributed by atoms with E-state index in [0.29, 0.717) is 6.61 Å². The van der Waals surface area contributed by atoms with E-state index in [-0.39, 0.29) is 40.3 Å². The van der Waals surface area contributed by atoms with Gasteiger partial charge in [-0.05, 0) is 28.6 Å². The minimum Gasteiger partial charge on any atom is -0.414 e. The molecule has 1 N–H and O–H groups in total. The van der Waals surface area contributed by atoms with Crippen molar-refractivity contribution in [1.82, 2.24) is 9.55 Å². The largest absolute Gasteiger partial charge is 0.414 e. The van der Waals surface area contributed by atoms with Crippen LogP contribution in [0.25, 0.3) is 0 Å². The Morgan fingerprint density at radius 3 is 2.11 bits per heavy atom. The predicted molar refractivity (Wildman–Crippen MR) is 142 cm³/mol. The van der Waals surface area contributed by atoms with Crippen LogP contribution in [0.3, 0.4) is 0 Å². The van der Waals surface area contributed by atoms with Crippen molar-refractivity contribution in [3.63, 3.8) is 0 Å². The highest BCUT2D eigenvalue weighted by Gasteiger charge is 2.61. The summed E-state index contributed by atoms with van der Waals surface area (Å²) in [6, 6.07) is 1.37. The number of rotatable bonds is 8. The summed E-state index contributed by atoms with van der Waals surface area (Å²) in [4.78, 5) is 26.9. The number of fused-ring (bicyclic) bond motifs is 1. The van der Waals surface area contributed by atoms with E-state index in [0.717, 1.165) is 19.3 Å². The average Bonchev–Trinajstić information content (AvgIpc) is 3.07. The van der Waals surface area contributed by atoms with Crippen molar-refractivity contribution in [2.75, 3.05) is 6.61 Å². The molecule has 3 rings (SSSR count). The lowest BCUT2D eigenvalue weighted by atomic mass is 9.94. The van der Waals surface area contributed by atoms with Gasteiger partial charge in [0, 0.05) is 18.2 Å². The molecule has 0 spiro atoms. The van der Waals surface area contributed by atoms with Crippen LogP contribution in [-0.4, -0.2) is 45.5 Å². The molecule has 8 nitrogen and oxygen atoms in total. The second kappa shape index (κ2) is 11.1. The van der Waals surface area contributed by atoms with E-state index < -0.39 is 34.6 Å². The fourth-order valence-electron chi connectivity index (χ4n) is 5.88. The topological polar surface area (TPSA) is 91.8 Å². The van der Waals surface area contributed by atoms with E-state index in [4.69, 9.17) is 17.7 Å². The van der Waals surface area contributed by atoms with E-state index in [1.54, 1.807) is 0 Å². The molecule has 1 aromatic rings. The number of ether oxygens (including phenoxy) is 1. The lowest BCUT2D eigenvalue weighted by Gasteiger charge is -2.51. The van der Waals surface area contributed by atoms with Crippen LogP contribution in [0.15, 0.2) is 21.9 Å². The first kappa shape index (κ1) is 28.5. The van der Waals surface area contributed by atoms with Gasteiger partial charge in [0.25, 0.3) is 5.56 Å². The number of nitrogens with zero attached hydrogens (tertiary/aromatic N) is 1. The maximum absolute atomic E-state index is 12.8. The first-order chi connectivity index (χ1) is 16.4. The van der Waals surface area contributed by atoms with Gasteiger partial charge in [-0.1, -0.05) is 75.2 Å². The van der Waals surface area contributed by atoms with Crippen LogP contribution in [0.4, 0.5) is 0 Å². The molecule has 2 aliphatic rings. The first-order valence-corrected chi connectivity index (χ1v) is 17.3. The van der Waals surface area contributed by atoms with Crippen molar-refractivity contribution in [3.05, 3.63) is 33.1 Å². The monoisotopic (exact) mass is 526 g/mol. The first-order valence-electron chi connectivity index (χ1n) is 13.4. The zero-order chi connectivity index (χ0) is 26.1. The Morgan fingerprint density at radius 1 is 1.00 bits per heavy atom. The number of unbranched alkanes of at least 4 members (excludes halogenated alkanes) is 1. The third-order valence-corrected chi connectivity index (χ3v) is 18.1. The summed E-state index contributed by atoms with van der Waals surface area (Å²) in [5, 5.41) is 0. The predicted octanol–water partition coefficient (Wildman–Crippen LogP) is 5.20. The van der Waals surface area contributed by atoms with Gasteiger partial charge in [-0.15, -0.1) is 0 Å². The van der Waals surface area contributed by atoms with E-state index in [2.05, 4.69) is 67.3 Å². The Hall–Kier alpha value is -1.05. The van der Waals surface area contributed by atoms with Crippen molar-refractivity contribution < 1.29 is 17.7 Å². The summed E-state index contributed by atoms with van der Waals surface area (Å²) in [6.45, 7) is 20.2. The zero-order valence-corrected chi connectivity index (χ0v) is 25.0. The highest BCUT2D eigenvalue weighted by atomic mass is 28.5. The van der Waals surface area contributed by atoms with Crippen molar-refractivity contribution in [1.29, 1.82) is 0 Å². The summed E-state index contributed by atoms with van der Waals surface area (Å²) in [5.41, 5.74) is 0.0689. The second-order valence-electron chi connectivity index (χ2n) is 11.4. The Balaban J connectivity index is 2.13. The fraction of sp³-hybridized carbons (Fsp3) is 0.840. The molecular formula is C25H46N2O6Si2. The number of H-pyrrole nitrogens is 1. The molecule has 0 saturated carbocycles. The SMILES string of the molecule is CCCC[C@@H]1[C@@H]2O[Si](C(C)C)(C(C)C)O[Si](C(C)C)(C(C)C)OC[C@H]2O[C@H]1n1ccc(=O)[nH]c1=O. The Morgan fingerprint density at radius 2 is 1.60 bits per heavy atom. The summed E-state index contributed by atoms with van der Waals surface area (Å²) < 4.78 is 29.5. The summed E-state index contributed by atoms with van der Waals surface area (Å²) in [6.07, 6.45) is 3.34. The third-order valence-electron chi connectivity index (χ3n) is 7.82. The zero-order valence-electron chi connectivity index (χ0n) is 23.0. The minimum atomic E-state index is -2.79. The van der Waals surface area contributed by atoms with Crippen LogP contribution in [-0.2, 0) is 17.7 Å². The Bertz CT molecular complexity index is 944. The van der Waals surface area contributed by atoms with Crippen LogP contribution in [0.2, 0.25) is 22.2 Å². The van der Waals surface area contributed by atoms with Crippen molar-refractivity contribution in [2.24, 2.45) is 5.92 Å². The molecule has 3 heterocycles. The molecule has 0 aliphatic carbocycles. The van der Waals surface area contributed by atoms with Gasteiger partial charge in [-0.2, -0.15) is 0 Å². The maximum atomic E-state index is 12.8. The molecule has 0 unspecified atom stereocenters. The van der Waals surface area contributed by atoms with Crippen molar-refractivity contribution in [2.45, 2.75) is 122 Å². The van der Waals surface area contributed by atoms with Gasteiger partial charge < -0.3 is 17.7 Å². The number of aromatic amines is 1.